The molecule has 1 aromatic carbocycles. The van der Waals surface area contributed by atoms with Gasteiger partial charge in [0.2, 0.25) is 5.91 Å². The highest BCUT2D eigenvalue weighted by Gasteiger charge is 2.27. The van der Waals surface area contributed by atoms with E-state index in [0.29, 0.717) is 12.4 Å². The van der Waals surface area contributed by atoms with Crippen molar-refractivity contribution in [3.63, 3.8) is 0 Å². The van der Waals surface area contributed by atoms with Crippen LogP contribution in [0.2, 0.25) is 0 Å². The van der Waals surface area contributed by atoms with Crippen LogP contribution in [-0.2, 0) is 4.79 Å². The number of carbonyl (C=O) groups is 1. The van der Waals surface area contributed by atoms with E-state index in [9.17, 15) is 4.79 Å². The van der Waals surface area contributed by atoms with Gasteiger partial charge in [0.25, 0.3) is 0 Å². The second-order valence-electron chi connectivity index (χ2n) is 7.31. The molecule has 1 amide bonds. The maximum Gasteiger partial charge on any atom is 0.229 e. The lowest BCUT2D eigenvalue weighted by Gasteiger charge is -2.32. The molecular formula is C20H24N8O. The van der Waals surface area contributed by atoms with Gasteiger partial charge in [-0.2, -0.15) is 5.10 Å². The van der Waals surface area contributed by atoms with Gasteiger partial charge in [-0.3, -0.25) is 4.79 Å². The van der Waals surface area contributed by atoms with Crippen LogP contribution < -0.4 is 15.1 Å². The van der Waals surface area contributed by atoms with Crippen molar-refractivity contribution in [2.75, 3.05) is 42.3 Å². The first kappa shape index (κ1) is 18.9. The van der Waals surface area contributed by atoms with Gasteiger partial charge in [-0.25, -0.2) is 9.67 Å². The predicted molar refractivity (Wildman–Crippen MR) is 111 cm³/mol. The molecule has 1 aliphatic heterocycles. The van der Waals surface area contributed by atoms with Gasteiger partial charge < -0.3 is 15.1 Å². The molecule has 0 radical (unpaired) electrons. The van der Waals surface area contributed by atoms with Crippen LogP contribution >= 0.6 is 0 Å². The summed E-state index contributed by atoms with van der Waals surface area (Å²) in [5.41, 5.74) is 1.91. The number of amides is 1. The van der Waals surface area contributed by atoms with E-state index in [1.807, 2.05) is 55.4 Å². The summed E-state index contributed by atoms with van der Waals surface area (Å²) in [7, 11) is 3.98. The zero-order valence-electron chi connectivity index (χ0n) is 16.6. The summed E-state index contributed by atoms with van der Waals surface area (Å²) in [5.74, 6) is 1.33. The van der Waals surface area contributed by atoms with Crippen LogP contribution in [0.5, 0.6) is 0 Å². The third-order valence-corrected chi connectivity index (χ3v) is 5.06. The lowest BCUT2D eigenvalue weighted by Crippen LogP contribution is -2.41. The molecule has 0 saturated carbocycles. The molecule has 1 fully saturated rings. The smallest absolute Gasteiger partial charge is 0.229 e. The highest BCUT2D eigenvalue weighted by Crippen LogP contribution is 2.23. The van der Waals surface area contributed by atoms with Gasteiger partial charge in [-0.1, -0.05) is 0 Å². The zero-order valence-corrected chi connectivity index (χ0v) is 16.6. The summed E-state index contributed by atoms with van der Waals surface area (Å²) < 4.78 is 1.56. The van der Waals surface area contributed by atoms with Crippen molar-refractivity contribution in [3.8, 4) is 5.82 Å². The van der Waals surface area contributed by atoms with Gasteiger partial charge in [0.15, 0.2) is 11.6 Å². The van der Waals surface area contributed by atoms with Crippen molar-refractivity contribution in [2.24, 2.45) is 5.92 Å². The summed E-state index contributed by atoms with van der Waals surface area (Å²) in [4.78, 5) is 20.8. The molecule has 2 aromatic heterocycles. The Kier molecular flexibility index (Phi) is 5.37. The lowest BCUT2D eigenvalue weighted by molar-refractivity contribution is -0.120. The zero-order chi connectivity index (χ0) is 20.2. The van der Waals surface area contributed by atoms with E-state index in [1.54, 1.807) is 11.0 Å². The van der Waals surface area contributed by atoms with Crippen LogP contribution in [0, 0.1) is 5.92 Å². The van der Waals surface area contributed by atoms with E-state index in [2.05, 4.69) is 30.5 Å². The fourth-order valence-corrected chi connectivity index (χ4v) is 3.42. The van der Waals surface area contributed by atoms with Gasteiger partial charge in [-0.15, -0.1) is 10.2 Å². The SMILES string of the molecule is CN(C)c1ccc(NC(=O)C2CCCN(c3ccc(-n4cncn4)nn3)C2)cc1. The van der Waals surface area contributed by atoms with Crippen LogP contribution in [-0.4, -0.2) is 58.1 Å². The van der Waals surface area contributed by atoms with E-state index >= 15 is 0 Å². The Morgan fingerprint density at radius 2 is 1.86 bits per heavy atom. The molecule has 150 valence electrons. The minimum Gasteiger partial charge on any atom is -0.378 e. The normalized spacial score (nSPS) is 16.5. The molecule has 0 bridgehead atoms. The molecular weight excluding hydrogens is 368 g/mol. The number of piperidine rings is 1. The molecule has 1 aliphatic rings. The molecule has 4 rings (SSSR count). The fraction of sp³-hybridized carbons (Fsp3) is 0.350. The molecule has 1 unspecified atom stereocenters. The minimum absolute atomic E-state index is 0.0412. The molecule has 3 aromatic rings. The summed E-state index contributed by atoms with van der Waals surface area (Å²) in [6, 6.07) is 11.6. The molecule has 0 aliphatic carbocycles. The van der Waals surface area contributed by atoms with Crippen molar-refractivity contribution in [1.29, 1.82) is 0 Å². The first-order chi connectivity index (χ1) is 14.1. The minimum atomic E-state index is -0.0888. The van der Waals surface area contributed by atoms with Crippen LogP contribution in [0.1, 0.15) is 12.8 Å². The number of nitrogens with one attached hydrogen (secondary N) is 1. The lowest BCUT2D eigenvalue weighted by atomic mass is 9.97. The van der Waals surface area contributed by atoms with Crippen LogP contribution in [0.4, 0.5) is 17.2 Å². The van der Waals surface area contributed by atoms with Gasteiger partial charge in [0.05, 0.1) is 5.92 Å². The molecule has 9 heteroatoms. The van der Waals surface area contributed by atoms with Crippen molar-refractivity contribution in [3.05, 3.63) is 49.1 Å². The third-order valence-electron chi connectivity index (χ3n) is 5.06. The second-order valence-corrected chi connectivity index (χ2v) is 7.31. The summed E-state index contributed by atoms with van der Waals surface area (Å²) >= 11 is 0. The first-order valence-electron chi connectivity index (χ1n) is 9.62. The van der Waals surface area contributed by atoms with E-state index < -0.39 is 0 Å². The summed E-state index contributed by atoms with van der Waals surface area (Å²) in [5, 5.41) is 15.6. The average molecular weight is 392 g/mol. The first-order valence-corrected chi connectivity index (χ1v) is 9.62. The van der Waals surface area contributed by atoms with Gasteiger partial charge in [-0.05, 0) is 49.2 Å². The molecule has 1 atom stereocenters. The number of nitrogens with zero attached hydrogens (tertiary/aromatic N) is 7. The monoisotopic (exact) mass is 392 g/mol. The Balaban J connectivity index is 1.39. The number of anilines is 3. The number of carbonyl (C=O) groups excluding carboxylic acids is 1. The van der Waals surface area contributed by atoms with Crippen LogP contribution in [0.15, 0.2) is 49.1 Å². The number of benzene rings is 1. The van der Waals surface area contributed by atoms with E-state index in [4.69, 9.17) is 0 Å². The second kappa shape index (κ2) is 8.26. The maximum absolute atomic E-state index is 12.8. The molecule has 1 N–H and O–H groups in total. The molecule has 29 heavy (non-hydrogen) atoms. The third kappa shape index (κ3) is 4.34. The molecule has 0 spiro atoms. The van der Waals surface area contributed by atoms with Crippen molar-refractivity contribution >= 4 is 23.1 Å². The molecule has 1 saturated heterocycles. The topological polar surface area (TPSA) is 92.1 Å². The highest BCUT2D eigenvalue weighted by molar-refractivity contribution is 5.93. The van der Waals surface area contributed by atoms with Gasteiger partial charge >= 0.3 is 0 Å². The van der Waals surface area contributed by atoms with Crippen molar-refractivity contribution in [1.82, 2.24) is 25.0 Å². The Bertz CT molecular complexity index is 938. The Labute approximate surface area is 169 Å². The van der Waals surface area contributed by atoms with Gasteiger partial charge in [0, 0.05) is 38.6 Å². The average Bonchev–Trinajstić information content (AvgIpc) is 3.29. The summed E-state index contributed by atoms with van der Waals surface area (Å²) in [6.45, 7) is 1.48. The Morgan fingerprint density at radius 1 is 1.10 bits per heavy atom. The highest BCUT2D eigenvalue weighted by atomic mass is 16.1. The van der Waals surface area contributed by atoms with Crippen LogP contribution in [0.25, 0.3) is 5.82 Å². The van der Waals surface area contributed by atoms with E-state index in [0.717, 1.165) is 36.6 Å². The number of aromatic nitrogens is 5. The standard InChI is InChI=1S/C20H24N8O/c1-26(2)17-7-5-16(6-8-17)23-20(29)15-4-3-11-27(12-15)18-9-10-19(25-24-18)28-14-21-13-22-28/h5-10,13-15H,3-4,11-12H2,1-2H3,(H,23,29). The molecule has 9 nitrogen and oxygen atoms in total. The number of hydrogen-bond acceptors (Lipinski definition) is 7. The maximum atomic E-state index is 12.8. The molecule has 3 heterocycles. The van der Waals surface area contributed by atoms with Crippen molar-refractivity contribution < 1.29 is 4.79 Å². The van der Waals surface area contributed by atoms with Crippen LogP contribution in [0.3, 0.4) is 0 Å². The number of hydrogen-bond donors (Lipinski definition) is 1. The fourth-order valence-electron chi connectivity index (χ4n) is 3.42. The van der Waals surface area contributed by atoms with E-state index in [-0.39, 0.29) is 11.8 Å². The number of rotatable bonds is 5. The Hall–Kier alpha value is -3.49. The predicted octanol–water partition coefficient (Wildman–Crippen LogP) is 1.98. The summed E-state index contributed by atoms with van der Waals surface area (Å²) in [6.07, 6.45) is 4.83. The quantitative estimate of drug-likeness (QED) is 0.710. The van der Waals surface area contributed by atoms with E-state index in [1.165, 1.54) is 6.33 Å². The van der Waals surface area contributed by atoms with Gasteiger partial charge in [0.1, 0.15) is 12.7 Å². The largest absolute Gasteiger partial charge is 0.378 e. The Morgan fingerprint density at radius 3 is 2.52 bits per heavy atom. The van der Waals surface area contributed by atoms with Crippen molar-refractivity contribution in [2.45, 2.75) is 12.8 Å².